The highest BCUT2D eigenvalue weighted by Crippen LogP contribution is 2.17. The molecule has 0 N–H and O–H groups in total. The maximum Gasteiger partial charge on any atom is 0.306 e. The number of rotatable bonds is 43. The highest BCUT2D eigenvalue weighted by atomic mass is 16.6. The van der Waals surface area contributed by atoms with Gasteiger partial charge < -0.3 is 14.2 Å². The van der Waals surface area contributed by atoms with Gasteiger partial charge in [0.1, 0.15) is 13.2 Å². The summed E-state index contributed by atoms with van der Waals surface area (Å²) in [6.45, 7) is 8.92. The van der Waals surface area contributed by atoms with Crippen molar-refractivity contribution in [2.24, 2.45) is 5.92 Å². The largest absolute Gasteiger partial charge is 0.462 e. The lowest BCUT2D eigenvalue weighted by molar-refractivity contribution is -0.167. The minimum atomic E-state index is -0.758. The van der Waals surface area contributed by atoms with Gasteiger partial charge in [0.2, 0.25) is 0 Å². The average molecular weight is 765 g/mol. The van der Waals surface area contributed by atoms with Crippen molar-refractivity contribution in [3.63, 3.8) is 0 Å². The summed E-state index contributed by atoms with van der Waals surface area (Å²) in [5.74, 6) is -0.0471. The Labute approximate surface area is 336 Å². The molecule has 0 aliphatic rings. The van der Waals surface area contributed by atoms with Gasteiger partial charge in [0.05, 0.1) is 0 Å². The number of esters is 3. The number of unbranched alkanes of at least 4 members (excludes halogenated alkanes) is 30. The molecule has 54 heavy (non-hydrogen) atoms. The highest BCUT2D eigenvalue weighted by Gasteiger charge is 2.19. The van der Waals surface area contributed by atoms with Crippen LogP contribution in [0.1, 0.15) is 265 Å². The molecule has 0 bridgehead atoms. The van der Waals surface area contributed by atoms with Gasteiger partial charge in [-0.2, -0.15) is 0 Å². The molecule has 0 rings (SSSR count). The van der Waals surface area contributed by atoms with E-state index in [1.54, 1.807) is 0 Å². The second-order valence-corrected chi connectivity index (χ2v) is 16.9. The van der Waals surface area contributed by atoms with Crippen molar-refractivity contribution < 1.29 is 28.6 Å². The standard InChI is InChI=1S/C48H92O6/c1-5-7-9-11-12-13-14-15-16-17-18-19-20-21-26-29-33-37-41-48(51)54-45(42-52-46(49)39-35-30-10-8-6-2)43-53-47(50)40-36-32-28-25-23-22-24-27-31-34-38-44(3)4/h44-45H,5-43H2,1-4H3/t45-/m1/s1. The van der Waals surface area contributed by atoms with Crippen LogP contribution in [-0.4, -0.2) is 37.2 Å². The van der Waals surface area contributed by atoms with Gasteiger partial charge in [-0.15, -0.1) is 0 Å². The molecule has 0 radical (unpaired) electrons. The predicted octanol–water partition coefficient (Wildman–Crippen LogP) is 15.1. The summed E-state index contributed by atoms with van der Waals surface area (Å²) in [4.78, 5) is 37.5. The first-order chi connectivity index (χ1) is 26.4. The fraction of sp³-hybridized carbons (Fsp3) is 0.938. The van der Waals surface area contributed by atoms with Crippen molar-refractivity contribution >= 4 is 17.9 Å². The van der Waals surface area contributed by atoms with Crippen LogP contribution in [-0.2, 0) is 28.6 Å². The van der Waals surface area contributed by atoms with Crippen molar-refractivity contribution in [3.05, 3.63) is 0 Å². The zero-order chi connectivity index (χ0) is 39.6. The van der Waals surface area contributed by atoms with E-state index < -0.39 is 6.10 Å². The molecule has 0 unspecified atom stereocenters. The van der Waals surface area contributed by atoms with Gasteiger partial charge in [0.15, 0.2) is 6.10 Å². The number of carbonyl (C=O) groups is 3. The minimum Gasteiger partial charge on any atom is -0.462 e. The van der Waals surface area contributed by atoms with Crippen LogP contribution in [0.3, 0.4) is 0 Å². The van der Waals surface area contributed by atoms with E-state index in [2.05, 4.69) is 27.7 Å². The maximum absolute atomic E-state index is 12.7. The van der Waals surface area contributed by atoms with Crippen LogP contribution in [0.4, 0.5) is 0 Å². The first-order valence-electron chi connectivity index (χ1n) is 23.9. The molecule has 6 heteroatoms. The Hall–Kier alpha value is -1.59. The van der Waals surface area contributed by atoms with Gasteiger partial charge in [-0.1, -0.05) is 227 Å². The van der Waals surface area contributed by atoms with Gasteiger partial charge >= 0.3 is 17.9 Å². The summed E-state index contributed by atoms with van der Waals surface area (Å²) < 4.78 is 16.6. The van der Waals surface area contributed by atoms with Gasteiger partial charge in [-0.3, -0.25) is 14.4 Å². The molecule has 0 aromatic rings. The topological polar surface area (TPSA) is 78.9 Å². The Bertz CT molecular complexity index is 811. The normalized spacial score (nSPS) is 11.9. The van der Waals surface area contributed by atoms with E-state index in [0.29, 0.717) is 19.3 Å². The summed E-state index contributed by atoms with van der Waals surface area (Å²) in [5.41, 5.74) is 0. The molecular formula is C48H92O6. The van der Waals surface area contributed by atoms with Crippen molar-refractivity contribution in [3.8, 4) is 0 Å². The van der Waals surface area contributed by atoms with E-state index in [-0.39, 0.29) is 31.1 Å². The predicted molar refractivity (Wildman–Crippen MR) is 229 cm³/mol. The highest BCUT2D eigenvalue weighted by molar-refractivity contribution is 5.71. The molecule has 0 amide bonds. The lowest BCUT2D eigenvalue weighted by Crippen LogP contribution is -2.30. The van der Waals surface area contributed by atoms with Crippen molar-refractivity contribution in [2.75, 3.05) is 13.2 Å². The van der Waals surface area contributed by atoms with Crippen LogP contribution in [0.5, 0.6) is 0 Å². The Kier molecular flexibility index (Phi) is 41.3. The van der Waals surface area contributed by atoms with E-state index in [9.17, 15) is 14.4 Å². The molecule has 0 aliphatic carbocycles. The molecule has 0 aliphatic heterocycles. The summed E-state index contributed by atoms with van der Waals surface area (Å²) in [7, 11) is 0. The number of carbonyl (C=O) groups excluding carboxylic acids is 3. The number of hydrogen-bond acceptors (Lipinski definition) is 6. The van der Waals surface area contributed by atoms with Crippen LogP contribution in [0.15, 0.2) is 0 Å². The second kappa shape index (κ2) is 42.6. The molecule has 0 saturated heterocycles. The molecule has 1 atom stereocenters. The Morgan fingerprint density at radius 3 is 0.907 bits per heavy atom. The lowest BCUT2D eigenvalue weighted by atomic mass is 10.0. The zero-order valence-corrected chi connectivity index (χ0v) is 36.7. The molecule has 0 aromatic carbocycles. The van der Waals surface area contributed by atoms with Crippen molar-refractivity contribution in [2.45, 2.75) is 271 Å². The zero-order valence-electron chi connectivity index (χ0n) is 36.7. The average Bonchev–Trinajstić information content (AvgIpc) is 3.15. The SMILES string of the molecule is CCCCCCCCCCCCCCCCCCCCC(=O)O[C@H](COC(=O)CCCCCCC)COC(=O)CCCCCCCCCCCCC(C)C. The molecule has 0 aromatic heterocycles. The van der Waals surface area contributed by atoms with Gasteiger partial charge in [-0.25, -0.2) is 0 Å². The first-order valence-corrected chi connectivity index (χ1v) is 23.9. The third-order valence-electron chi connectivity index (χ3n) is 10.8. The van der Waals surface area contributed by atoms with Crippen LogP contribution < -0.4 is 0 Å². The molecule has 0 fully saturated rings. The Morgan fingerprint density at radius 1 is 0.352 bits per heavy atom. The van der Waals surface area contributed by atoms with Crippen LogP contribution in [0, 0.1) is 5.92 Å². The number of hydrogen-bond donors (Lipinski definition) is 0. The third kappa shape index (κ3) is 41.6. The van der Waals surface area contributed by atoms with E-state index in [1.807, 2.05) is 0 Å². The molecular weight excluding hydrogens is 673 g/mol. The Balaban J connectivity index is 4.14. The molecule has 6 nitrogen and oxygen atoms in total. The smallest absolute Gasteiger partial charge is 0.306 e. The maximum atomic E-state index is 12.7. The fourth-order valence-electron chi connectivity index (χ4n) is 7.16. The fourth-order valence-corrected chi connectivity index (χ4v) is 7.16. The van der Waals surface area contributed by atoms with Gasteiger partial charge in [0, 0.05) is 19.3 Å². The van der Waals surface area contributed by atoms with Crippen molar-refractivity contribution in [1.29, 1.82) is 0 Å². The van der Waals surface area contributed by atoms with E-state index in [1.165, 1.54) is 154 Å². The first kappa shape index (κ1) is 52.4. The lowest BCUT2D eigenvalue weighted by Gasteiger charge is -2.18. The molecule has 0 heterocycles. The Morgan fingerprint density at radius 2 is 0.611 bits per heavy atom. The molecule has 0 saturated carbocycles. The summed E-state index contributed by atoms with van der Waals surface area (Å²) in [6, 6.07) is 0. The summed E-state index contributed by atoms with van der Waals surface area (Å²) in [6.07, 6.45) is 42.6. The van der Waals surface area contributed by atoms with E-state index >= 15 is 0 Å². The third-order valence-corrected chi connectivity index (χ3v) is 10.8. The van der Waals surface area contributed by atoms with Gasteiger partial charge in [-0.05, 0) is 25.2 Å². The van der Waals surface area contributed by atoms with Crippen LogP contribution in [0.2, 0.25) is 0 Å². The second-order valence-electron chi connectivity index (χ2n) is 16.9. The minimum absolute atomic E-state index is 0.0648. The van der Waals surface area contributed by atoms with E-state index in [0.717, 1.165) is 70.1 Å². The van der Waals surface area contributed by atoms with Gasteiger partial charge in [0.25, 0.3) is 0 Å². The molecule has 0 spiro atoms. The number of ether oxygens (including phenoxy) is 3. The quantitative estimate of drug-likeness (QED) is 0.0349. The van der Waals surface area contributed by atoms with Crippen LogP contribution in [0.25, 0.3) is 0 Å². The summed E-state index contributed by atoms with van der Waals surface area (Å²) >= 11 is 0. The van der Waals surface area contributed by atoms with E-state index in [4.69, 9.17) is 14.2 Å². The van der Waals surface area contributed by atoms with Crippen LogP contribution >= 0.6 is 0 Å². The monoisotopic (exact) mass is 765 g/mol. The molecule has 320 valence electrons. The summed E-state index contributed by atoms with van der Waals surface area (Å²) in [5, 5.41) is 0. The van der Waals surface area contributed by atoms with Crippen molar-refractivity contribution in [1.82, 2.24) is 0 Å².